The second kappa shape index (κ2) is 3.76. The van der Waals surface area contributed by atoms with Gasteiger partial charge in [0.25, 0.3) is 0 Å². The first kappa shape index (κ1) is 10.1. The van der Waals surface area contributed by atoms with Gasteiger partial charge in [-0.25, -0.2) is 0 Å². The van der Waals surface area contributed by atoms with Crippen LogP contribution in [0.2, 0.25) is 0 Å². The van der Waals surface area contributed by atoms with Crippen LogP contribution in [0.15, 0.2) is 0 Å². The Morgan fingerprint density at radius 1 is 1.00 bits per heavy atom. The fraction of sp³-hybridized carbons (Fsp3) is 1.00. The molecule has 0 aromatic carbocycles. The summed E-state index contributed by atoms with van der Waals surface area (Å²) in [5.74, 6) is 3.17. The summed E-state index contributed by atoms with van der Waals surface area (Å²) in [7, 11) is 0. The second-order valence-corrected chi connectivity index (χ2v) is 6.41. The van der Waals surface area contributed by atoms with Gasteiger partial charge < -0.3 is 5.73 Å². The molecular formula is C14H25N. The highest BCUT2D eigenvalue weighted by molar-refractivity contribution is 5.00. The monoisotopic (exact) mass is 207 g/mol. The van der Waals surface area contributed by atoms with Crippen LogP contribution in [-0.4, -0.2) is 6.54 Å². The summed E-state index contributed by atoms with van der Waals surface area (Å²) >= 11 is 0. The number of fused-ring (bicyclic) bond motifs is 2. The van der Waals surface area contributed by atoms with Gasteiger partial charge in [-0.05, 0) is 61.8 Å². The summed E-state index contributed by atoms with van der Waals surface area (Å²) in [4.78, 5) is 0. The topological polar surface area (TPSA) is 26.0 Å². The molecule has 3 aliphatic carbocycles. The third-order valence-corrected chi connectivity index (χ3v) is 5.78. The van der Waals surface area contributed by atoms with Crippen LogP contribution in [0, 0.1) is 23.2 Å². The molecule has 0 radical (unpaired) electrons. The summed E-state index contributed by atoms with van der Waals surface area (Å²) in [6, 6.07) is 0. The first-order valence-corrected chi connectivity index (χ1v) is 7.04. The minimum atomic E-state index is 0.581. The van der Waals surface area contributed by atoms with E-state index in [1.54, 1.807) is 6.42 Å². The summed E-state index contributed by atoms with van der Waals surface area (Å²) in [6.45, 7) is 0.973. The van der Waals surface area contributed by atoms with Gasteiger partial charge in [-0.2, -0.15) is 0 Å². The zero-order chi connectivity index (χ0) is 10.3. The Kier molecular flexibility index (Phi) is 2.54. The molecule has 0 saturated heterocycles. The van der Waals surface area contributed by atoms with Crippen LogP contribution in [0.1, 0.15) is 57.8 Å². The predicted molar refractivity (Wildman–Crippen MR) is 63.5 cm³/mol. The molecule has 3 rings (SSSR count). The van der Waals surface area contributed by atoms with Gasteiger partial charge in [0.15, 0.2) is 0 Å². The number of hydrogen-bond acceptors (Lipinski definition) is 1. The molecule has 86 valence electrons. The molecule has 3 unspecified atom stereocenters. The molecule has 15 heavy (non-hydrogen) atoms. The SMILES string of the molecule is NCC1(C2CC3CCC2C3)CCCCC1. The molecule has 0 aliphatic heterocycles. The van der Waals surface area contributed by atoms with Crippen molar-refractivity contribution >= 4 is 0 Å². The van der Waals surface area contributed by atoms with E-state index in [-0.39, 0.29) is 0 Å². The Labute approximate surface area is 93.8 Å². The van der Waals surface area contributed by atoms with E-state index >= 15 is 0 Å². The van der Waals surface area contributed by atoms with Gasteiger partial charge in [0.05, 0.1) is 0 Å². The van der Waals surface area contributed by atoms with Gasteiger partial charge in [-0.3, -0.25) is 0 Å². The van der Waals surface area contributed by atoms with Crippen molar-refractivity contribution < 1.29 is 0 Å². The molecule has 0 aromatic rings. The minimum Gasteiger partial charge on any atom is -0.330 e. The van der Waals surface area contributed by atoms with E-state index in [0.717, 1.165) is 24.3 Å². The van der Waals surface area contributed by atoms with Crippen LogP contribution in [0.4, 0.5) is 0 Å². The molecule has 3 aliphatic rings. The highest BCUT2D eigenvalue weighted by Gasteiger charge is 2.49. The predicted octanol–water partition coefficient (Wildman–Crippen LogP) is 3.33. The lowest BCUT2D eigenvalue weighted by Crippen LogP contribution is -2.42. The maximum Gasteiger partial charge on any atom is -0.00178 e. The molecular weight excluding hydrogens is 182 g/mol. The van der Waals surface area contributed by atoms with Gasteiger partial charge >= 0.3 is 0 Å². The van der Waals surface area contributed by atoms with Gasteiger partial charge in [0, 0.05) is 0 Å². The van der Waals surface area contributed by atoms with Gasteiger partial charge in [-0.15, -0.1) is 0 Å². The maximum atomic E-state index is 6.15. The van der Waals surface area contributed by atoms with Crippen LogP contribution >= 0.6 is 0 Å². The molecule has 3 fully saturated rings. The Balaban J connectivity index is 1.77. The first-order chi connectivity index (χ1) is 7.34. The Morgan fingerprint density at radius 3 is 2.33 bits per heavy atom. The molecule has 2 bridgehead atoms. The Morgan fingerprint density at radius 2 is 1.80 bits per heavy atom. The largest absolute Gasteiger partial charge is 0.330 e. The van der Waals surface area contributed by atoms with Gasteiger partial charge in [0.2, 0.25) is 0 Å². The summed E-state index contributed by atoms with van der Waals surface area (Å²) in [6.07, 6.45) is 13.4. The van der Waals surface area contributed by atoms with Crippen LogP contribution in [0.3, 0.4) is 0 Å². The van der Waals surface area contributed by atoms with E-state index in [2.05, 4.69) is 0 Å². The van der Waals surface area contributed by atoms with Crippen LogP contribution < -0.4 is 5.73 Å². The number of hydrogen-bond donors (Lipinski definition) is 1. The van der Waals surface area contributed by atoms with E-state index in [0.29, 0.717) is 5.41 Å². The standard InChI is InChI=1S/C14H25N/c15-10-14(6-2-1-3-7-14)13-9-11-4-5-12(13)8-11/h11-13H,1-10,15H2. The van der Waals surface area contributed by atoms with Crippen LogP contribution in [0.25, 0.3) is 0 Å². The Hall–Kier alpha value is -0.0400. The second-order valence-electron chi connectivity index (χ2n) is 6.41. The lowest BCUT2D eigenvalue weighted by Gasteiger charge is -2.45. The van der Waals surface area contributed by atoms with Crippen molar-refractivity contribution in [1.82, 2.24) is 0 Å². The van der Waals surface area contributed by atoms with Gasteiger partial charge in [-0.1, -0.05) is 25.7 Å². The molecule has 0 spiro atoms. The summed E-state index contributed by atoms with van der Waals surface area (Å²) in [5.41, 5.74) is 6.73. The van der Waals surface area contributed by atoms with Crippen LogP contribution in [-0.2, 0) is 0 Å². The fourth-order valence-corrected chi connectivity index (χ4v) is 4.98. The van der Waals surface area contributed by atoms with Crippen molar-refractivity contribution in [2.45, 2.75) is 57.8 Å². The normalized spacial score (nSPS) is 43.4. The third kappa shape index (κ3) is 1.54. The van der Waals surface area contributed by atoms with E-state index in [1.165, 1.54) is 51.4 Å². The highest BCUT2D eigenvalue weighted by Crippen LogP contribution is 2.58. The van der Waals surface area contributed by atoms with Crippen molar-refractivity contribution in [1.29, 1.82) is 0 Å². The molecule has 0 heterocycles. The zero-order valence-corrected chi connectivity index (χ0v) is 9.88. The van der Waals surface area contributed by atoms with Crippen LogP contribution in [0.5, 0.6) is 0 Å². The first-order valence-electron chi connectivity index (χ1n) is 7.04. The fourth-order valence-electron chi connectivity index (χ4n) is 4.98. The number of rotatable bonds is 2. The minimum absolute atomic E-state index is 0.581. The molecule has 2 N–H and O–H groups in total. The zero-order valence-electron chi connectivity index (χ0n) is 9.88. The maximum absolute atomic E-state index is 6.15. The molecule has 3 saturated carbocycles. The van der Waals surface area contributed by atoms with Crippen molar-refractivity contribution in [2.24, 2.45) is 28.9 Å². The molecule has 1 heteroatoms. The summed E-state index contributed by atoms with van der Waals surface area (Å²) < 4.78 is 0. The van der Waals surface area contributed by atoms with E-state index in [4.69, 9.17) is 5.73 Å². The van der Waals surface area contributed by atoms with Crippen molar-refractivity contribution in [3.05, 3.63) is 0 Å². The average Bonchev–Trinajstić information content (AvgIpc) is 2.92. The third-order valence-electron chi connectivity index (χ3n) is 5.78. The molecule has 0 amide bonds. The molecule has 0 aromatic heterocycles. The molecule has 1 nitrogen and oxygen atoms in total. The quantitative estimate of drug-likeness (QED) is 0.738. The smallest absolute Gasteiger partial charge is 0.00178 e. The number of nitrogens with two attached hydrogens (primary N) is 1. The highest BCUT2D eigenvalue weighted by atomic mass is 14.7. The van der Waals surface area contributed by atoms with Gasteiger partial charge in [0.1, 0.15) is 0 Å². The average molecular weight is 207 g/mol. The van der Waals surface area contributed by atoms with Crippen molar-refractivity contribution in [3.8, 4) is 0 Å². The molecule has 3 atom stereocenters. The van der Waals surface area contributed by atoms with E-state index in [9.17, 15) is 0 Å². The lowest BCUT2D eigenvalue weighted by molar-refractivity contribution is 0.0639. The lowest BCUT2D eigenvalue weighted by atomic mass is 9.61. The van der Waals surface area contributed by atoms with E-state index < -0.39 is 0 Å². The van der Waals surface area contributed by atoms with E-state index in [1.807, 2.05) is 0 Å². The van der Waals surface area contributed by atoms with Crippen molar-refractivity contribution in [3.63, 3.8) is 0 Å². The van der Waals surface area contributed by atoms with Crippen molar-refractivity contribution in [2.75, 3.05) is 6.54 Å². The summed E-state index contributed by atoms with van der Waals surface area (Å²) in [5, 5.41) is 0. The Bertz CT molecular complexity index is 229.